The smallest absolute Gasteiger partial charge is 0.300 e. The molecule has 1 fully saturated rings. The standard InChI is InChI=1S/C26H22BrNO5/c1-14-7-9-18(11-15(14)2)28-23(16-5-4-6-19(29)12-16)22(25(31)26(28)32)24(30)17-8-10-21(33-3)20(27)13-17/h4-13,23,29-30H,1-3H3/b24-22+. The SMILES string of the molecule is COc1ccc(/C(O)=C2\C(=O)C(=O)N(c3ccc(C)c(C)c3)C2c2cccc(O)c2)cc1Br. The van der Waals surface area contributed by atoms with E-state index in [0.717, 1.165) is 11.1 Å². The van der Waals surface area contributed by atoms with Crippen LogP contribution < -0.4 is 9.64 Å². The molecular formula is C26H22BrNO5. The number of aromatic hydroxyl groups is 1. The summed E-state index contributed by atoms with van der Waals surface area (Å²) in [4.78, 5) is 27.8. The molecule has 33 heavy (non-hydrogen) atoms. The molecule has 6 nitrogen and oxygen atoms in total. The van der Waals surface area contributed by atoms with E-state index in [1.54, 1.807) is 36.4 Å². The molecule has 0 aliphatic carbocycles. The van der Waals surface area contributed by atoms with E-state index in [0.29, 0.717) is 27.0 Å². The van der Waals surface area contributed by atoms with E-state index < -0.39 is 17.7 Å². The predicted molar refractivity (Wildman–Crippen MR) is 129 cm³/mol. The zero-order valence-corrected chi connectivity index (χ0v) is 19.9. The fourth-order valence-electron chi connectivity index (χ4n) is 3.95. The number of aliphatic hydroxyl groups is 1. The Morgan fingerprint density at radius 2 is 1.76 bits per heavy atom. The number of anilines is 1. The number of amides is 1. The first-order valence-corrected chi connectivity index (χ1v) is 11.0. The van der Waals surface area contributed by atoms with E-state index in [2.05, 4.69) is 15.9 Å². The van der Waals surface area contributed by atoms with Gasteiger partial charge in [-0.15, -0.1) is 0 Å². The molecule has 2 N–H and O–H groups in total. The van der Waals surface area contributed by atoms with Crippen molar-refractivity contribution in [2.24, 2.45) is 0 Å². The summed E-state index contributed by atoms with van der Waals surface area (Å²) < 4.78 is 5.83. The van der Waals surface area contributed by atoms with Gasteiger partial charge < -0.3 is 14.9 Å². The molecule has 0 spiro atoms. The van der Waals surface area contributed by atoms with E-state index in [9.17, 15) is 19.8 Å². The zero-order valence-electron chi connectivity index (χ0n) is 18.3. The van der Waals surface area contributed by atoms with Crippen molar-refractivity contribution < 1.29 is 24.5 Å². The van der Waals surface area contributed by atoms with Crippen molar-refractivity contribution in [3.63, 3.8) is 0 Å². The van der Waals surface area contributed by atoms with Crippen molar-refractivity contribution in [3.8, 4) is 11.5 Å². The molecule has 3 aromatic carbocycles. The second kappa shape index (κ2) is 8.75. The van der Waals surface area contributed by atoms with Crippen LogP contribution in [0.4, 0.5) is 5.69 Å². The summed E-state index contributed by atoms with van der Waals surface area (Å²) >= 11 is 3.39. The van der Waals surface area contributed by atoms with Gasteiger partial charge in [-0.3, -0.25) is 14.5 Å². The minimum atomic E-state index is -0.917. The minimum absolute atomic E-state index is 0.00892. The Morgan fingerprint density at radius 3 is 2.39 bits per heavy atom. The Hall–Kier alpha value is -3.58. The third-order valence-corrected chi connectivity index (χ3v) is 6.44. The van der Waals surface area contributed by atoms with Crippen LogP contribution in [0.25, 0.3) is 5.76 Å². The average molecular weight is 508 g/mol. The molecule has 1 amide bonds. The average Bonchev–Trinajstić information content (AvgIpc) is 3.06. The number of Topliss-reactive ketones (excluding diaryl/α,β-unsaturated/α-hetero) is 1. The minimum Gasteiger partial charge on any atom is -0.508 e. The lowest BCUT2D eigenvalue weighted by Gasteiger charge is -2.26. The number of phenols is 1. The van der Waals surface area contributed by atoms with Crippen molar-refractivity contribution in [1.82, 2.24) is 0 Å². The van der Waals surface area contributed by atoms with Gasteiger partial charge in [0, 0.05) is 11.3 Å². The molecule has 0 bridgehead atoms. The number of aryl methyl sites for hydroxylation is 2. The van der Waals surface area contributed by atoms with Crippen LogP contribution in [-0.2, 0) is 9.59 Å². The van der Waals surface area contributed by atoms with Crippen molar-refractivity contribution in [3.05, 3.63) is 93.0 Å². The van der Waals surface area contributed by atoms with Crippen LogP contribution in [0.15, 0.2) is 70.7 Å². The van der Waals surface area contributed by atoms with Gasteiger partial charge in [-0.05, 0) is 88.9 Å². The Bertz CT molecular complexity index is 1310. The van der Waals surface area contributed by atoms with Gasteiger partial charge in [-0.2, -0.15) is 0 Å². The van der Waals surface area contributed by atoms with E-state index in [1.807, 2.05) is 26.0 Å². The first-order valence-electron chi connectivity index (χ1n) is 10.2. The van der Waals surface area contributed by atoms with Gasteiger partial charge in [0.2, 0.25) is 0 Å². The third-order valence-electron chi connectivity index (χ3n) is 5.82. The van der Waals surface area contributed by atoms with Gasteiger partial charge >= 0.3 is 0 Å². The molecule has 3 aromatic rings. The van der Waals surface area contributed by atoms with Crippen LogP contribution in [0.2, 0.25) is 0 Å². The molecule has 1 heterocycles. The van der Waals surface area contributed by atoms with Crippen LogP contribution in [0.1, 0.15) is 28.3 Å². The van der Waals surface area contributed by atoms with E-state index in [-0.39, 0.29) is 17.1 Å². The first kappa shape index (κ1) is 22.6. The third kappa shape index (κ3) is 4.00. The van der Waals surface area contributed by atoms with Crippen molar-refractivity contribution in [2.75, 3.05) is 12.0 Å². The largest absolute Gasteiger partial charge is 0.508 e. The monoisotopic (exact) mass is 507 g/mol. The Labute approximate surface area is 199 Å². The number of phenolic OH excluding ortho intramolecular Hbond substituents is 1. The van der Waals surface area contributed by atoms with Gasteiger partial charge in [-0.25, -0.2) is 0 Å². The Morgan fingerprint density at radius 1 is 1.00 bits per heavy atom. The van der Waals surface area contributed by atoms with Crippen molar-refractivity contribution in [1.29, 1.82) is 0 Å². The number of halogens is 1. The molecule has 1 saturated heterocycles. The summed E-state index contributed by atoms with van der Waals surface area (Å²) in [5.41, 5.74) is 3.34. The van der Waals surface area contributed by atoms with Crippen LogP contribution in [0.3, 0.4) is 0 Å². The number of carbonyl (C=O) groups excluding carboxylic acids is 2. The highest BCUT2D eigenvalue weighted by molar-refractivity contribution is 9.10. The number of rotatable bonds is 4. The lowest BCUT2D eigenvalue weighted by Crippen LogP contribution is -2.29. The molecule has 1 unspecified atom stereocenters. The van der Waals surface area contributed by atoms with Crippen molar-refractivity contribution >= 4 is 39.1 Å². The summed E-state index contributed by atoms with van der Waals surface area (Å²) in [5, 5.41) is 21.3. The number of hydrogen-bond acceptors (Lipinski definition) is 5. The van der Waals surface area contributed by atoms with Gasteiger partial charge in [-0.1, -0.05) is 18.2 Å². The molecule has 0 saturated carbocycles. The van der Waals surface area contributed by atoms with Gasteiger partial charge in [0.1, 0.15) is 17.3 Å². The van der Waals surface area contributed by atoms with Crippen LogP contribution in [0.5, 0.6) is 11.5 Å². The number of ether oxygens (including phenoxy) is 1. The molecular weight excluding hydrogens is 486 g/mol. The van der Waals surface area contributed by atoms with Gasteiger partial charge in [0.05, 0.1) is 23.2 Å². The molecule has 1 atom stereocenters. The van der Waals surface area contributed by atoms with E-state index in [1.165, 1.54) is 24.1 Å². The maximum Gasteiger partial charge on any atom is 0.300 e. The summed E-state index contributed by atoms with van der Waals surface area (Å²) in [6.07, 6.45) is 0. The molecule has 4 rings (SSSR count). The quantitative estimate of drug-likeness (QED) is 0.280. The topological polar surface area (TPSA) is 87.1 Å². The lowest BCUT2D eigenvalue weighted by molar-refractivity contribution is -0.132. The molecule has 1 aliphatic rings. The van der Waals surface area contributed by atoms with Gasteiger partial charge in [0.15, 0.2) is 0 Å². The number of benzene rings is 3. The fraction of sp³-hybridized carbons (Fsp3) is 0.154. The van der Waals surface area contributed by atoms with E-state index >= 15 is 0 Å². The maximum atomic E-state index is 13.2. The highest BCUT2D eigenvalue weighted by atomic mass is 79.9. The summed E-state index contributed by atoms with van der Waals surface area (Å²) in [5.74, 6) is -1.31. The van der Waals surface area contributed by atoms with E-state index in [4.69, 9.17) is 4.74 Å². The number of ketones is 1. The summed E-state index contributed by atoms with van der Waals surface area (Å²) in [6.45, 7) is 3.88. The van der Waals surface area contributed by atoms with Crippen LogP contribution >= 0.6 is 15.9 Å². The maximum absolute atomic E-state index is 13.2. The predicted octanol–water partition coefficient (Wildman–Crippen LogP) is 5.41. The number of nitrogens with zero attached hydrogens (tertiary/aromatic N) is 1. The highest BCUT2D eigenvalue weighted by Crippen LogP contribution is 2.43. The summed E-state index contributed by atoms with van der Waals surface area (Å²) in [7, 11) is 1.52. The van der Waals surface area contributed by atoms with Crippen LogP contribution in [0, 0.1) is 13.8 Å². The Balaban J connectivity index is 1.96. The first-order chi connectivity index (χ1) is 15.7. The second-order valence-electron chi connectivity index (χ2n) is 7.88. The molecule has 168 valence electrons. The molecule has 1 aliphatic heterocycles. The lowest BCUT2D eigenvalue weighted by atomic mass is 9.94. The second-order valence-corrected chi connectivity index (χ2v) is 8.74. The molecule has 0 aromatic heterocycles. The molecule has 0 radical (unpaired) electrons. The normalized spacial score (nSPS) is 17.5. The number of carbonyl (C=O) groups is 2. The van der Waals surface area contributed by atoms with Gasteiger partial charge in [0.25, 0.3) is 11.7 Å². The highest BCUT2D eigenvalue weighted by Gasteiger charge is 2.47. The van der Waals surface area contributed by atoms with Crippen molar-refractivity contribution in [2.45, 2.75) is 19.9 Å². The molecule has 7 heteroatoms. The zero-order chi connectivity index (χ0) is 23.9. The van der Waals surface area contributed by atoms with Crippen LogP contribution in [-0.4, -0.2) is 29.0 Å². The summed E-state index contributed by atoms with van der Waals surface area (Å²) in [6, 6.07) is 15.8. The number of aliphatic hydroxyl groups excluding tert-OH is 1. The Kier molecular flexibility index (Phi) is 5.99. The fourth-order valence-corrected chi connectivity index (χ4v) is 4.49. The number of methoxy groups -OCH3 is 1. The number of hydrogen-bond donors (Lipinski definition) is 2.